The van der Waals surface area contributed by atoms with Crippen molar-refractivity contribution >= 4 is 15.9 Å². The molecule has 0 bridgehead atoms. The average Bonchev–Trinajstić information content (AvgIpc) is 2.72. The molecule has 0 radical (unpaired) electrons. The minimum Gasteiger partial charge on any atom is -0.274 e. The van der Waals surface area contributed by atoms with Crippen molar-refractivity contribution in [1.29, 1.82) is 0 Å². The summed E-state index contributed by atoms with van der Waals surface area (Å²) in [5, 5.41) is 0. The van der Waals surface area contributed by atoms with Crippen LogP contribution in [0, 0.1) is 33.6 Å². The molecule has 1 aromatic carbocycles. The van der Waals surface area contributed by atoms with Crippen molar-refractivity contribution in [3.8, 4) is 0 Å². The summed E-state index contributed by atoms with van der Waals surface area (Å²) in [6, 6.07) is 7.64. The van der Waals surface area contributed by atoms with Crippen LogP contribution in [-0.2, 0) is 10.0 Å². The van der Waals surface area contributed by atoms with Crippen LogP contribution in [0.25, 0.3) is 0 Å². The molecule has 2 aromatic rings. The van der Waals surface area contributed by atoms with Crippen molar-refractivity contribution in [3.05, 3.63) is 58.2 Å². The summed E-state index contributed by atoms with van der Waals surface area (Å²) < 4.78 is 30.1. The van der Waals surface area contributed by atoms with E-state index >= 15 is 0 Å². The van der Waals surface area contributed by atoms with Gasteiger partial charge in [-0.15, -0.1) is 0 Å². The summed E-state index contributed by atoms with van der Waals surface area (Å²) in [5.41, 5.74) is 4.21. The molecule has 1 aliphatic heterocycles. The van der Waals surface area contributed by atoms with Gasteiger partial charge >= 0.3 is 0 Å². The fraction of sp³-hybridized carbons (Fsp3) is 0.500. The lowest BCUT2D eigenvalue weighted by atomic mass is 9.97. The van der Waals surface area contributed by atoms with Gasteiger partial charge in [0, 0.05) is 31.2 Å². The number of hydrogen-bond acceptors (Lipinski definition) is 4. The molecular formula is C24H33N3O3S. The van der Waals surface area contributed by atoms with Gasteiger partial charge in [-0.2, -0.15) is 4.31 Å². The smallest absolute Gasteiger partial charge is 0.243 e. The maximum Gasteiger partial charge on any atom is 0.243 e. The fourth-order valence-corrected chi connectivity index (χ4v) is 6.27. The van der Waals surface area contributed by atoms with E-state index in [-0.39, 0.29) is 17.9 Å². The molecule has 2 heterocycles. The molecule has 3 rings (SSSR count). The minimum atomic E-state index is -3.61. The molecule has 7 heteroatoms. The Labute approximate surface area is 185 Å². The van der Waals surface area contributed by atoms with Gasteiger partial charge in [0.25, 0.3) is 0 Å². The first-order valence-electron chi connectivity index (χ1n) is 10.9. The van der Waals surface area contributed by atoms with E-state index in [1.54, 1.807) is 15.1 Å². The molecule has 0 saturated carbocycles. The minimum absolute atomic E-state index is 0.0178. The first-order valence-corrected chi connectivity index (χ1v) is 12.3. The first-order chi connectivity index (χ1) is 14.5. The molecule has 31 heavy (non-hydrogen) atoms. The number of nitrogens with zero attached hydrogens (tertiary/aromatic N) is 3. The predicted molar refractivity (Wildman–Crippen MR) is 123 cm³/mol. The van der Waals surface area contributed by atoms with Crippen molar-refractivity contribution in [2.75, 3.05) is 13.1 Å². The summed E-state index contributed by atoms with van der Waals surface area (Å²) in [4.78, 5) is 18.1. The third-order valence-electron chi connectivity index (χ3n) is 6.16. The Kier molecular flexibility index (Phi) is 6.86. The number of carbonyl (C=O) groups excluding carboxylic acids is 1. The number of aryl methyl sites for hydroxylation is 2. The second-order valence-electron chi connectivity index (χ2n) is 8.76. The van der Waals surface area contributed by atoms with E-state index in [1.807, 2.05) is 65.8 Å². The zero-order valence-corrected chi connectivity index (χ0v) is 20.2. The summed E-state index contributed by atoms with van der Waals surface area (Å²) in [5.74, 6) is -0.239. The zero-order chi connectivity index (χ0) is 22.9. The molecule has 0 spiro atoms. The summed E-state index contributed by atoms with van der Waals surface area (Å²) in [7, 11) is -3.61. The summed E-state index contributed by atoms with van der Waals surface area (Å²) in [6.07, 6.45) is 2.75. The second kappa shape index (κ2) is 9.09. The Morgan fingerprint density at radius 1 is 1.03 bits per heavy atom. The molecule has 0 aliphatic carbocycles. The van der Waals surface area contributed by atoms with Crippen LogP contribution < -0.4 is 5.49 Å². The van der Waals surface area contributed by atoms with E-state index < -0.39 is 10.0 Å². The monoisotopic (exact) mass is 443 g/mol. The molecule has 0 atom stereocenters. The van der Waals surface area contributed by atoms with E-state index in [0.29, 0.717) is 36.3 Å². The number of carbonyl (C=O) groups is 1. The average molecular weight is 444 g/mol. The van der Waals surface area contributed by atoms with Gasteiger partial charge in [0.2, 0.25) is 15.9 Å². The van der Waals surface area contributed by atoms with E-state index in [2.05, 4.69) is 4.99 Å². The fourth-order valence-electron chi connectivity index (χ4n) is 4.23. The topological polar surface area (TPSA) is 71.7 Å². The third-order valence-corrected chi connectivity index (χ3v) is 8.34. The molecule has 1 aromatic heterocycles. The van der Waals surface area contributed by atoms with Crippen LogP contribution in [0.4, 0.5) is 0 Å². The highest BCUT2D eigenvalue weighted by Gasteiger charge is 2.34. The molecule has 0 amide bonds. The molecule has 0 N–H and O–H groups in total. The van der Waals surface area contributed by atoms with Gasteiger partial charge in [0.1, 0.15) is 5.49 Å². The first kappa shape index (κ1) is 23.4. The lowest BCUT2D eigenvalue weighted by Crippen LogP contribution is -2.43. The lowest BCUT2D eigenvalue weighted by Gasteiger charge is -2.32. The second-order valence-corrected chi connectivity index (χ2v) is 10.6. The van der Waals surface area contributed by atoms with Gasteiger partial charge in [0.05, 0.1) is 4.90 Å². The van der Waals surface area contributed by atoms with Crippen LogP contribution in [0.5, 0.6) is 0 Å². The maximum absolute atomic E-state index is 13.5. The Balaban J connectivity index is 1.83. The quantitative estimate of drug-likeness (QED) is 0.722. The Bertz CT molecular complexity index is 1130. The number of benzene rings is 1. The van der Waals surface area contributed by atoms with Crippen molar-refractivity contribution < 1.29 is 13.2 Å². The van der Waals surface area contributed by atoms with Crippen molar-refractivity contribution in [1.82, 2.24) is 8.87 Å². The number of hydrogen-bond donors (Lipinski definition) is 0. The van der Waals surface area contributed by atoms with E-state index in [9.17, 15) is 13.2 Å². The largest absolute Gasteiger partial charge is 0.274 e. The Morgan fingerprint density at radius 3 is 2.16 bits per heavy atom. The Hall–Kier alpha value is -2.25. The summed E-state index contributed by atoms with van der Waals surface area (Å²) in [6.45, 7) is 12.3. The Morgan fingerprint density at radius 2 is 1.61 bits per heavy atom. The molecule has 1 saturated heterocycles. The van der Waals surface area contributed by atoms with Gasteiger partial charge in [0.15, 0.2) is 0 Å². The number of piperidine rings is 1. The maximum atomic E-state index is 13.5. The van der Waals surface area contributed by atoms with Crippen LogP contribution in [0.1, 0.15) is 53.7 Å². The van der Waals surface area contributed by atoms with Crippen molar-refractivity contribution in [3.63, 3.8) is 0 Å². The van der Waals surface area contributed by atoms with Crippen LogP contribution in [0.3, 0.4) is 0 Å². The molecule has 168 valence electrons. The van der Waals surface area contributed by atoms with Gasteiger partial charge in [-0.05, 0) is 88.8 Å². The van der Waals surface area contributed by atoms with Gasteiger partial charge in [-0.3, -0.25) is 14.4 Å². The predicted octanol–water partition coefficient (Wildman–Crippen LogP) is 3.77. The molecule has 1 aliphatic rings. The molecule has 6 nitrogen and oxygen atoms in total. The van der Waals surface area contributed by atoms with Crippen LogP contribution in [0.15, 0.2) is 40.4 Å². The van der Waals surface area contributed by atoms with E-state index in [1.165, 1.54) is 0 Å². The standard InChI is InChI=1S/C24H33N3O3S/c1-16(2)25-22-9-7-8-12-27(22)24(28)21-10-13-26(14-11-21)31(29,30)23-19(5)17(3)15-18(4)20(23)6/h7-9,12,15-16,21H,10-11,13-14H2,1-6H3. The third kappa shape index (κ3) is 4.67. The lowest BCUT2D eigenvalue weighted by molar-refractivity contribution is 0.0781. The summed E-state index contributed by atoms with van der Waals surface area (Å²) >= 11 is 0. The molecule has 0 unspecified atom stereocenters. The number of aromatic nitrogens is 1. The molecular weight excluding hydrogens is 410 g/mol. The van der Waals surface area contributed by atoms with E-state index in [4.69, 9.17) is 0 Å². The van der Waals surface area contributed by atoms with Crippen LogP contribution in [-0.4, -0.2) is 42.3 Å². The number of pyridine rings is 1. The van der Waals surface area contributed by atoms with Gasteiger partial charge in [-0.1, -0.05) is 12.1 Å². The molecule has 1 fully saturated rings. The SMILES string of the molecule is Cc1cc(C)c(C)c(S(=O)(=O)N2CCC(C(=O)n3ccccc3=NC(C)C)CC2)c1C. The highest BCUT2D eigenvalue weighted by Crippen LogP contribution is 2.31. The van der Waals surface area contributed by atoms with Crippen LogP contribution >= 0.6 is 0 Å². The highest BCUT2D eigenvalue weighted by molar-refractivity contribution is 7.89. The van der Waals surface area contributed by atoms with Crippen molar-refractivity contribution in [2.24, 2.45) is 10.9 Å². The van der Waals surface area contributed by atoms with Gasteiger partial charge < -0.3 is 0 Å². The number of rotatable bonds is 4. The normalized spacial score (nSPS) is 16.8. The zero-order valence-electron chi connectivity index (χ0n) is 19.3. The highest BCUT2D eigenvalue weighted by atomic mass is 32.2. The number of sulfonamides is 1. The van der Waals surface area contributed by atoms with Crippen LogP contribution in [0.2, 0.25) is 0 Å². The van der Waals surface area contributed by atoms with Gasteiger partial charge in [-0.25, -0.2) is 8.42 Å². The van der Waals surface area contributed by atoms with Crippen molar-refractivity contribution in [2.45, 2.75) is 65.3 Å². The van der Waals surface area contributed by atoms with E-state index in [0.717, 1.165) is 22.3 Å².